The Labute approximate surface area is 104 Å². The molecule has 0 aromatic carbocycles. The molecular formula is C11H18N4O3. The van der Waals surface area contributed by atoms with Crippen molar-refractivity contribution in [3.63, 3.8) is 0 Å². The number of hydrogen-bond acceptors (Lipinski definition) is 5. The Morgan fingerprint density at radius 1 is 1.33 bits per heavy atom. The number of H-pyrrole nitrogens is 1. The molecule has 0 aliphatic carbocycles. The van der Waals surface area contributed by atoms with Gasteiger partial charge < -0.3 is 15.4 Å². The van der Waals surface area contributed by atoms with Crippen molar-refractivity contribution in [2.24, 2.45) is 0 Å². The Morgan fingerprint density at radius 2 is 2.00 bits per heavy atom. The van der Waals surface area contributed by atoms with Gasteiger partial charge in [0.25, 0.3) is 5.56 Å². The van der Waals surface area contributed by atoms with Crippen LogP contribution in [0.5, 0.6) is 0 Å². The summed E-state index contributed by atoms with van der Waals surface area (Å²) >= 11 is 0. The highest BCUT2D eigenvalue weighted by atomic mass is 16.5. The zero-order chi connectivity index (χ0) is 13.1. The lowest BCUT2D eigenvalue weighted by molar-refractivity contribution is 0.122. The van der Waals surface area contributed by atoms with E-state index in [1.54, 1.807) is 0 Å². The Balaban J connectivity index is 2.48. The molecule has 2 heterocycles. The molecule has 1 aliphatic rings. The van der Waals surface area contributed by atoms with E-state index in [0.717, 1.165) is 6.42 Å². The van der Waals surface area contributed by atoms with Crippen LogP contribution in [-0.4, -0.2) is 35.9 Å². The van der Waals surface area contributed by atoms with Crippen LogP contribution >= 0.6 is 0 Å². The summed E-state index contributed by atoms with van der Waals surface area (Å²) in [6.45, 7) is 4.79. The van der Waals surface area contributed by atoms with Crippen molar-refractivity contribution in [1.29, 1.82) is 0 Å². The second kappa shape index (κ2) is 5.26. The van der Waals surface area contributed by atoms with E-state index in [1.165, 1.54) is 4.57 Å². The first kappa shape index (κ1) is 12.7. The number of ether oxygens (including phenoxy) is 1. The van der Waals surface area contributed by atoms with E-state index >= 15 is 0 Å². The first-order valence-corrected chi connectivity index (χ1v) is 6.10. The third kappa shape index (κ3) is 2.26. The van der Waals surface area contributed by atoms with Gasteiger partial charge in [0.2, 0.25) is 0 Å². The number of rotatable bonds is 3. The number of nitrogens with two attached hydrogens (primary N) is 1. The summed E-state index contributed by atoms with van der Waals surface area (Å²) in [5.41, 5.74) is 5.47. The molecule has 1 aromatic heterocycles. The number of aromatic amines is 1. The van der Waals surface area contributed by atoms with Gasteiger partial charge in [-0.1, -0.05) is 6.92 Å². The molecule has 7 nitrogen and oxygen atoms in total. The van der Waals surface area contributed by atoms with Crippen molar-refractivity contribution in [3.8, 4) is 0 Å². The van der Waals surface area contributed by atoms with Gasteiger partial charge in [0, 0.05) is 19.6 Å². The maximum atomic E-state index is 11.9. The van der Waals surface area contributed by atoms with Crippen molar-refractivity contribution >= 4 is 11.5 Å². The van der Waals surface area contributed by atoms with Crippen LogP contribution in [0.4, 0.5) is 11.5 Å². The monoisotopic (exact) mass is 254 g/mol. The summed E-state index contributed by atoms with van der Waals surface area (Å²) in [6.07, 6.45) is 0.776. The first-order chi connectivity index (χ1) is 8.65. The van der Waals surface area contributed by atoms with Gasteiger partial charge in [-0.2, -0.15) is 0 Å². The van der Waals surface area contributed by atoms with E-state index in [4.69, 9.17) is 10.5 Å². The van der Waals surface area contributed by atoms with Crippen LogP contribution in [0, 0.1) is 0 Å². The van der Waals surface area contributed by atoms with Gasteiger partial charge >= 0.3 is 5.69 Å². The SMILES string of the molecule is CCCn1c(N)c(N2CCOCC2)c(=O)[nH]c1=O. The van der Waals surface area contributed by atoms with Crippen LogP contribution in [0.2, 0.25) is 0 Å². The van der Waals surface area contributed by atoms with Crippen LogP contribution in [-0.2, 0) is 11.3 Å². The van der Waals surface area contributed by atoms with Gasteiger partial charge in [0.15, 0.2) is 0 Å². The number of anilines is 2. The van der Waals surface area contributed by atoms with Gasteiger partial charge in [0.05, 0.1) is 13.2 Å². The average molecular weight is 254 g/mol. The van der Waals surface area contributed by atoms with Crippen LogP contribution in [0.3, 0.4) is 0 Å². The highest BCUT2D eigenvalue weighted by Gasteiger charge is 2.20. The maximum Gasteiger partial charge on any atom is 0.330 e. The maximum absolute atomic E-state index is 11.9. The molecule has 18 heavy (non-hydrogen) atoms. The number of nitrogen functional groups attached to an aromatic ring is 1. The quantitative estimate of drug-likeness (QED) is 0.748. The molecule has 0 spiro atoms. The average Bonchev–Trinajstić information content (AvgIpc) is 2.35. The second-order valence-corrected chi connectivity index (χ2v) is 4.24. The normalized spacial score (nSPS) is 15.9. The minimum absolute atomic E-state index is 0.243. The molecule has 2 rings (SSSR count). The molecular weight excluding hydrogens is 236 g/mol. The summed E-state index contributed by atoms with van der Waals surface area (Å²) < 4.78 is 6.65. The lowest BCUT2D eigenvalue weighted by atomic mass is 10.3. The predicted molar refractivity (Wildman–Crippen MR) is 69.1 cm³/mol. The standard InChI is InChI=1S/C11H18N4O3/c1-2-3-15-9(12)8(10(16)13-11(15)17)14-4-6-18-7-5-14/h2-7,12H2,1H3,(H,13,16,17). The highest BCUT2D eigenvalue weighted by molar-refractivity contribution is 5.62. The summed E-state index contributed by atoms with van der Waals surface area (Å²) in [5, 5.41) is 0. The Hall–Kier alpha value is -1.76. The second-order valence-electron chi connectivity index (χ2n) is 4.24. The Kier molecular flexibility index (Phi) is 3.71. The topological polar surface area (TPSA) is 93.3 Å². The lowest BCUT2D eigenvalue weighted by Crippen LogP contribution is -2.43. The zero-order valence-electron chi connectivity index (χ0n) is 10.4. The first-order valence-electron chi connectivity index (χ1n) is 6.10. The van der Waals surface area contributed by atoms with E-state index in [9.17, 15) is 9.59 Å². The summed E-state index contributed by atoms with van der Waals surface area (Å²) in [5.74, 6) is 0.243. The Morgan fingerprint density at radius 3 is 2.61 bits per heavy atom. The van der Waals surface area contributed by atoms with Crippen molar-refractivity contribution in [2.45, 2.75) is 19.9 Å². The van der Waals surface area contributed by atoms with Gasteiger partial charge in [-0.15, -0.1) is 0 Å². The van der Waals surface area contributed by atoms with E-state index in [0.29, 0.717) is 38.5 Å². The molecule has 0 bridgehead atoms. The summed E-state index contributed by atoms with van der Waals surface area (Å²) in [6, 6.07) is 0. The van der Waals surface area contributed by atoms with Crippen LogP contribution in [0.15, 0.2) is 9.59 Å². The van der Waals surface area contributed by atoms with Crippen LogP contribution in [0.25, 0.3) is 0 Å². The molecule has 1 aromatic rings. The molecule has 0 amide bonds. The molecule has 7 heteroatoms. The van der Waals surface area contributed by atoms with E-state index in [2.05, 4.69) is 4.98 Å². The van der Waals surface area contributed by atoms with Gasteiger partial charge in [0.1, 0.15) is 11.5 Å². The molecule has 0 saturated carbocycles. The number of hydrogen-bond donors (Lipinski definition) is 2. The van der Waals surface area contributed by atoms with Gasteiger partial charge in [-0.05, 0) is 6.42 Å². The predicted octanol–water partition coefficient (Wildman–Crippen LogP) is -0.635. The Bertz CT molecular complexity index is 528. The molecule has 0 unspecified atom stereocenters. The summed E-state index contributed by atoms with van der Waals surface area (Å²) in [7, 11) is 0. The third-order valence-corrected chi connectivity index (χ3v) is 2.99. The van der Waals surface area contributed by atoms with E-state index in [-0.39, 0.29) is 5.82 Å². The van der Waals surface area contributed by atoms with Crippen molar-refractivity contribution in [3.05, 3.63) is 20.8 Å². The van der Waals surface area contributed by atoms with Crippen molar-refractivity contribution < 1.29 is 4.74 Å². The highest BCUT2D eigenvalue weighted by Crippen LogP contribution is 2.17. The zero-order valence-corrected chi connectivity index (χ0v) is 10.4. The molecule has 1 fully saturated rings. The smallest absolute Gasteiger partial charge is 0.330 e. The number of nitrogens with one attached hydrogen (secondary N) is 1. The van der Waals surface area contributed by atoms with E-state index in [1.807, 2.05) is 11.8 Å². The van der Waals surface area contributed by atoms with Crippen LogP contribution < -0.4 is 21.9 Å². The van der Waals surface area contributed by atoms with Crippen molar-refractivity contribution in [1.82, 2.24) is 9.55 Å². The fraction of sp³-hybridized carbons (Fsp3) is 0.636. The van der Waals surface area contributed by atoms with Gasteiger partial charge in [-0.25, -0.2) is 4.79 Å². The molecule has 0 atom stereocenters. The minimum Gasteiger partial charge on any atom is -0.383 e. The number of nitrogens with zero attached hydrogens (tertiary/aromatic N) is 2. The molecule has 1 aliphatic heterocycles. The molecule has 100 valence electrons. The van der Waals surface area contributed by atoms with E-state index < -0.39 is 11.2 Å². The van der Waals surface area contributed by atoms with Crippen molar-refractivity contribution in [2.75, 3.05) is 36.9 Å². The van der Waals surface area contributed by atoms with Gasteiger partial charge in [-0.3, -0.25) is 14.3 Å². The van der Waals surface area contributed by atoms with Crippen LogP contribution in [0.1, 0.15) is 13.3 Å². The summed E-state index contributed by atoms with van der Waals surface area (Å²) in [4.78, 5) is 27.7. The molecule has 3 N–H and O–H groups in total. The lowest BCUT2D eigenvalue weighted by Gasteiger charge is -2.29. The minimum atomic E-state index is -0.448. The fourth-order valence-electron chi connectivity index (χ4n) is 2.12. The number of morpholine rings is 1. The molecule has 0 radical (unpaired) electrons. The largest absolute Gasteiger partial charge is 0.383 e. The number of aromatic nitrogens is 2. The fourth-order valence-corrected chi connectivity index (χ4v) is 2.12. The third-order valence-electron chi connectivity index (χ3n) is 2.99. The molecule has 1 saturated heterocycles.